The molecule has 1 heterocycles. The molecular weight excluding hydrogens is 244 g/mol. The van der Waals surface area contributed by atoms with E-state index in [0.717, 1.165) is 5.56 Å². The summed E-state index contributed by atoms with van der Waals surface area (Å²) in [5, 5.41) is 8.74. The maximum atomic E-state index is 10.6. The third-order valence-corrected chi connectivity index (χ3v) is 2.42. The normalized spacial score (nSPS) is 10.2. The molecule has 0 aliphatic heterocycles. The molecule has 2 rings (SSSR count). The van der Waals surface area contributed by atoms with Crippen LogP contribution in [0.4, 0.5) is 0 Å². The number of benzene rings is 1. The fourth-order valence-electron chi connectivity index (χ4n) is 1.62. The first-order valence-electron chi connectivity index (χ1n) is 5.86. The summed E-state index contributed by atoms with van der Waals surface area (Å²) < 4.78 is 5.55. The molecule has 0 saturated carbocycles. The molecule has 1 aromatic heterocycles. The molecule has 98 valence electrons. The number of nitrogens with zero attached hydrogens (tertiary/aromatic N) is 2. The van der Waals surface area contributed by atoms with Gasteiger partial charge in [0.1, 0.15) is 18.9 Å². The van der Waals surface area contributed by atoms with E-state index in [9.17, 15) is 4.79 Å². The van der Waals surface area contributed by atoms with Crippen LogP contribution in [0.25, 0.3) is 0 Å². The summed E-state index contributed by atoms with van der Waals surface area (Å²) in [7, 11) is 0. The molecule has 0 aliphatic carbocycles. The Morgan fingerprint density at radius 2 is 2.00 bits per heavy atom. The minimum atomic E-state index is -0.959. The molecule has 0 fully saturated rings. The van der Waals surface area contributed by atoms with E-state index in [1.165, 1.54) is 0 Å². The highest BCUT2D eigenvalue weighted by Crippen LogP contribution is 2.12. The highest BCUT2D eigenvalue weighted by molar-refractivity contribution is 5.69. The maximum absolute atomic E-state index is 10.6. The Balaban J connectivity index is 2.07. The molecule has 0 amide bonds. The van der Waals surface area contributed by atoms with Crippen LogP contribution in [-0.2, 0) is 17.8 Å². The minimum absolute atomic E-state index is 0.205. The summed E-state index contributed by atoms with van der Waals surface area (Å²) in [4.78, 5) is 18.8. The molecule has 0 atom stereocenters. The number of carboxylic acid groups (broad SMARTS) is 1. The first kappa shape index (κ1) is 13.0. The van der Waals surface area contributed by atoms with Crippen molar-refractivity contribution in [2.75, 3.05) is 0 Å². The largest absolute Gasteiger partial charge is 0.481 e. The van der Waals surface area contributed by atoms with Gasteiger partial charge in [-0.3, -0.25) is 4.79 Å². The van der Waals surface area contributed by atoms with Gasteiger partial charge in [0.25, 0.3) is 0 Å². The van der Waals surface area contributed by atoms with E-state index in [4.69, 9.17) is 9.84 Å². The molecule has 0 bridgehead atoms. The standard InChI is InChI=1S/C14H14N2O3/c1-10-7-13(16-12(15-10)8-14(17)18)19-9-11-5-3-2-4-6-11/h2-7H,8-9H2,1H3,(H,17,18). The topological polar surface area (TPSA) is 72.3 Å². The van der Waals surface area contributed by atoms with E-state index in [1.807, 2.05) is 30.3 Å². The Labute approximate surface area is 110 Å². The summed E-state index contributed by atoms with van der Waals surface area (Å²) in [6, 6.07) is 11.4. The molecule has 0 radical (unpaired) electrons. The second-order valence-electron chi connectivity index (χ2n) is 4.11. The van der Waals surface area contributed by atoms with Gasteiger partial charge in [0.15, 0.2) is 0 Å². The molecule has 5 heteroatoms. The van der Waals surface area contributed by atoms with Crippen molar-refractivity contribution < 1.29 is 14.6 Å². The number of hydrogen-bond donors (Lipinski definition) is 1. The van der Waals surface area contributed by atoms with Gasteiger partial charge in [-0.25, -0.2) is 4.98 Å². The predicted molar refractivity (Wildman–Crippen MR) is 68.9 cm³/mol. The third kappa shape index (κ3) is 4.06. The van der Waals surface area contributed by atoms with Crippen molar-refractivity contribution >= 4 is 5.97 Å². The molecule has 2 aromatic rings. The summed E-state index contributed by atoms with van der Waals surface area (Å²) in [6.07, 6.45) is -0.205. The number of carbonyl (C=O) groups is 1. The molecule has 0 saturated heterocycles. The van der Waals surface area contributed by atoms with E-state index < -0.39 is 5.97 Å². The Bertz CT molecular complexity index is 570. The number of ether oxygens (including phenoxy) is 1. The number of aliphatic carboxylic acids is 1. The second-order valence-corrected chi connectivity index (χ2v) is 4.11. The van der Waals surface area contributed by atoms with Gasteiger partial charge < -0.3 is 9.84 Å². The monoisotopic (exact) mass is 258 g/mol. The van der Waals surface area contributed by atoms with Gasteiger partial charge in [0.2, 0.25) is 5.88 Å². The van der Waals surface area contributed by atoms with Gasteiger partial charge in [-0.15, -0.1) is 0 Å². The van der Waals surface area contributed by atoms with Gasteiger partial charge in [0, 0.05) is 11.8 Å². The van der Waals surface area contributed by atoms with Gasteiger partial charge in [-0.05, 0) is 12.5 Å². The highest BCUT2D eigenvalue weighted by atomic mass is 16.5. The molecule has 1 N–H and O–H groups in total. The van der Waals surface area contributed by atoms with Crippen molar-refractivity contribution in [2.45, 2.75) is 20.0 Å². The van der Waals surface area contributed by atoms with E-state index in [1.54, 1.807) is 13.0 Å². The van der Waals surface area contributed by atoms with Crippen LogP contribution >= 0.6 is 0 Å². The van der Waals surface area contributed by atoms with Crippen LogP contribution in [0.2, 0.25) is 0 Å². The van der Waals surface area contributed by atoms with Crippen molar-refractivity contribution in [1.29, 1.82) is 0 Å². The lowest BCUT2D eigenvalue weighted by Crippen LogP contribution is -2.07. The van der Waals surface area contributed by atoms with Crippen LogP contribution < -0.4 is 4.74 Å². The van der Waals surface area contributed by atoms with Gasteiger partial charge in [-0.1, -0.05) is 30.3 Å². The lowest BCUT2D eigenvalue weighted by molar-refractivity contribution is -0.136. The van der Waals surface area contributed by atoms with Crippen molar-refractivity contribution in [3.05, 3.63) is 53.5 Å². The lowest BCUT2D eigenvalue weighted by Gasteiger charge is -2.07. The number of rotatable bonds is 5. The molecule has 1 aromatic carbocycles. The Hall–Kier alpha value is -2.43. The fraction of sp³-hybridized carbons (Fsp3) is 0.214. The molecular formula is C14H14N2O3. The number of carboxylic acids is 1. The highest BCUT2D eigenvalue weighted by Gasteiger charge is 2.07. The minimum Gasteiger partial charge on any atom is -0.481 e. The van der Waals surface area contributed by atoms with Crippen molar-refractivity contribution in [3.63, 3.8) is 0 Å². The quantitative estimate of drug-likeness (QED) is 0.887. The van der Waals surface area contributed by atoms with Gasteiger partial charge >= 0.3 is 5.97 Å². The van der Waals surface area contributed by atoms with Crippen LogP contribution in [0.5, 0.6) is 5.88 Å². The Kier molecular flexibility index (Phi) is 4.07. The van der Waals surface area contributed by atoms with Crippen LogP contribution in [0.15, 0.2) is 36.4 Å². The van der Waals surface area contributed by atoms with Crippen molar-refractivity contribution in [2.24, 2.45) is 0 Å². The first-order valence-corrected chi connectivity index (χ1v) is 5.86. The predicted octanol–water partition coefficient (Wildman–Crippen LogP) is 1.99. The zero-order chi connectivity index (χ0) is 13.7. The summed E-state index contributed by atoms with van der Waals surface area (Å²) in [5.41, 5.74) is 1.72. The third-order valence-electron chi connectivity index (χ3n) is 2.42. The van der Waals surface area contributed by atoms with Gasteiger partial charge in [-0.2, -0.15) is 4.98 Å². The summed E-state index contributed by atoms with van der Waals surface area (Å²) in [5.74, 6) is -0.303. The number of hydrogen-bond acceptors (Lipinski definition) is 4. The van der Waals surface area contributed by atoms with E-state index in [2.05, 4.69) is 9.97 Å². The zero-order valence-corrected chi connectivity index (χ0v) is 10.5. The number of aryl methyl sites for hydroxylation is 1. The zero-order valence-electron chi connectivity index (χ0n) is 10.5. The Morgan fingerprint density at radius 3 is 2.68 bits per heavy atom. The summed E-state index contributed by atoms with van der Waals surface area (Å²) >= 11 is 0. The van der Waals surface area contributed by atoms with Crippen LogP contribution in [0.1, 0.15) is 17.1 Å². The van der Waals surface area contributed by atoms with E-state index in [0.29, 0.717) is 18.2 Å². The van der Waals surface area contributed by atoms with Gasteiger partial charge in [0.05, 0.1) is 0 Å². The second kappa shape index (κ2) is 5.95. The summed E-state index contributed by atoms with van der Waals surface area (Å²) in [6.45, 7) is 2.17. The van der Waals surface area contributed by atoms with E-state index in [-0.39, 0.29) is 12.2 Å². The van der Waals surface area contributed by atoms with Crippen LogP contribution in [0.3, 0.4) is 0 Å². The lowest BCUT2D eigenvalue weighted by atomic mass is 10.2. The van der Waals surface area contributed by atoms with E-state index >= 15 is 0 Å². The molecule has 0 unspecified atom stereocenters. The molecule has 0 spiro atoms. The number of aromatic nitrogens is 2. The Morgan fingerprint density at radius 1 is 1.26 bits per heavy atom. The van der Waals surface area contributed by atoms with Crippen molar-refractivity contribution in [1.82, 2.24) is 9.97 Å². The fourth-order valence-corrected chi connectivity index (χ4v) is 1.62. The maximum Gasteiger partial charge on any atom is 0.311 e. The smallest absolute Gasteiger partial charge is 0.311 e. The van der Waals surface area contributed by atoms with Crippen molar-refractivity contribution in [3.8, 4) is 5.88 Å². The molecule has 0 aliphatic rings. The SMILES string of the molecule is Cc1cc(OCc2ccccc2)nc(CC(=O)O)n1. The van der Waals surface area contributed by atoms with Crippen LogP contribution in [-0.4, -0.2) is 21.0 Å². The van der Waals surface area contributed by atoms with Crippen LogP contribution in [0, 0.1) is 6.92 Å². The average molecular weight is 258 g/mol. The first-order chi connectivity index (χ1) is 9.13. The molecule has 5 nitrogen and oxygen atoms in total. The molecule has 19 heavy (non-hydrogen) atoms. The average Bonchev–Trinajstić information content (AvgIpc) is 2.36.